The Balaban J connectivity index is 0.00000200. The molecule has 1 aromatic rings. The van der Waals surface area contributed by atoms with E-state index in [-0.39, 0.29) is 18.3 Å². The average Bonchev–Trinajstić information content (AvgIpc) is 2.47. The van der Waals surface area contributed by atoms with Crippen LogP contribution in [-0.2, 0) is 11.2 Å². The number of aryl methyl sites for hydroxylation is 1. The van der Waals surface area contributed by atoms with Gasteiger partial charge in [-0.1, -0.05) is 12.1 Å². The molecule has 0 radical (unpaired) electrons. The number of carbonyl (C=O) groups excluding carboxylic acids is 1. The van der Waals surface area contributed by atoms with E-state index >= 15 is 0 Å². The number of halogens is 1. The summed E-state index contributed by atoms with van der Waals surface area (Å²) in [7, 11) is 1.65. The molecule has 1 aliphatic heterocycles. The molecule has 1 unspecified atom stereocenters. The third kappa shape index (κ3) is 5.39. The van der Waals surface area contributed by atoms with Crippen LogP contribution in [0.3, 0.4) is 0 Å². The first-order valence-corrected chi connectivity index (χ1v) is 6.91. The Hall–Kier alpha value is -1.26. The summed E-state index contributed by atoms with van der Waals surface area (Å²) in [6.45, 7) is 1.96. The number of ether oxygens (including phenoxy) is 1. The van der Waals surface area contributed by atoms with Crippen molar-refractivity contribution < 1.29 is 9.53 Å². The van der Waals surface area contributed by atoms with Crippen molar-refractivity contribution in [3.05, 3.63) is 29.8 Å². The van der Waals surface area contributed by atoms with E-state index in [9.17, 15) is 4.79 Å². The van der Waals surface area contributed by atoms with Crippen LogP contribution in [-0.4, -0.2) is 32.1 Å². The summed E-state index contributed by atoms with van der Waals surface area (Å²) < 4.78 is 5.11. The number of benzene rings is 1. The number of carbonyl (C=O) groups is 1. The smallest absolute Gasteiger partial charge is 0.220 e. The molecule has 0 saturated carbocycles. The second kappa shape index (κ2) is 8.82. The van der Waals surface area contributed by atoms with Crippen LogP contribution >= 0.6 is 12.4 Å². The molecule has 1 atom stereocenters. The summed E-state index contributed by atoms with van der Waals surface area (Å²) in [4.78, 5) is 11.8. The van der Waals surface area contributed by atoms with Crippen molar-refractivity contribution in [2.45, 2.75) is 31.7 Å². The van der Waals surface area contributed by atoms with Crippen LogP contribution in [0.5, 0.6) is 5.75 Å². The second-order valence-corrected chi connectivity index (χ2v) is 4.96. The predicted molar refractivity (Wildman–Crippen MR) is 82.6 cm³/mol. The monoisotopic (exact) mass is 298 g/mol. The van der Waals surface area contributed by atoms with Gasteiger partial charge in [0, 0.05) is 19.0 Å². The van der Waals surface area contributed by atoms with E-state index in [1.165, 1.54) is 0 Å². The lowest BCUT2D eigenvalue weighted by Gasteiger charge is -2.23. The summed E-state index contributed by atoms with van der Waals surface area (Å²) in [5.41, 5.74) is 1.16. The molecule has 1 heterocycles. The van der Waals surface area contributed by atoms with E-state index in [1.54, 1.807) is 7.11 Å². The van der Waals surface area contributed by atoms with Crippen LogP contribution in [0.4, 0.5) is 0 Å². The molecule has 5 heteroatoms. The Kier molecular flexibility index (Phi) is 7.41. The summed E-state index contributed by atoms with van der Waals surface area (Å²) in [6.07, 6.45) is 3.55. The van der Waals surface area contributed by atoms with Crippen LogP contribution in [0.15, 0.2) is 24.3 Å². The molecule has 1 saturated heterocycles. The van der Waals surface area contributed by atoms with Crippen molar-refractivity contribution in [1.82, 2.24) is 10.6 Å². The molecule has 2 rings (SSSR count). The number of hydrogen-bond donors (Lipinski definition) is 2. The maximum atomic E-state index is 11.8. The Morgan fingerprint density at radius 1 is 1.40 bits per heavy atom. The molecular formula is C15H23ClN2O2. The number of hydrogen-bond acceptors (Lipinski definition) is 3. The standard InChI is InChI=1S/C15H22N2O2.ClH/c1-19-14-7-4-12(5-8-14)6-9-15(18)17-13-3-2-10-16-11-13;/h4-5,7-8,13,16H,2-3,6,9-11H2,1H3,(H,17,18);1H. The molecule has 1 amide bonds. The maximum Gasteiger partial charge on any atom is 0.220 e. The van der Waals surface area contributed by atoms with Gasteiger partial charge >= 0.3 is 0 Å². The number of methoxy groups -OCH3 is 1. The van der Waals surface area contributed by atoms with Gasteiger partial charge in [-0.05, 0) is 43.5 Å². The highest BCUT2D eigenvalue weighted by Crippen LogP contribution is 2.12. The van der Waals surface area contributed by atoms with Crippen LogP contribution in [0.1, 0.15) is 24.8 Å². The van der Waals surface area contributed by atoms with Gasteiger partial charge in [-0.25, -0.2) is 0 Å². The molecule has 1 fully saturated rings. The number of rotatable bonds is 5. The summed E-state index contributed by atoms with van der Waals surface area (Å²) in [5.74, 6) is 0.992. The Labute approximate surface area is 126 Å². The number of nitrogens with one attached hydrogen (secondary N) is 2. The first-order chi connectivity index (χ1) is 9.28. The molecule has 112 valence electrons. The third-order valence-electron chi connectivity index (χ3n) is 3.46. The van der Waals surface area contributed by atoms with Crippen molar-refractivity contribution >= 4 is 18.3 Å². The SMILES string of the molecule is COc1ccc(CCC(=O)NC2CCCNC2)cc1.Cl. The molecule has 0 spiro atoms. The lowest BCUT2D eigenvalue weighted by atomic mass is 10.1. The average molecular weight is 299 g/mol. The van der Waals surface area contributed by atoms with Gasteiger partial charge in [0.25, 0.3) is 0 Å². The van der Waals surface area contributed by atoms with Gasteiger partial charge < -0.3 is 15.4 Å². The molecule has 1 aliphatic rings. The van der Waals surface area contributed by atoms with E-state index in [2.05, 4.69) is 10.6 Å². The van der Waals surface area contributed by atoms with Crippen molar-refractivity contribution in [1.29, 1.82) is 0 Å². The summed E-state index contributed by atoms with van der Waals surface area (Å²) >= 11 is 0. The highest BCUT2D eigenvalue weighted by Gasteiger charge is 2.14. The van der Waals surface area contributed by atoms with E-state index in [0.29, 0.717) is 12.5 Å². The van der Waals surface area contributed by atoms with Crippen LogP contribution in [0, 0.1) is 0 Å². The van der Waals surface area contributed by atoms with Gasteiger partial charge in [-0.3, -0.25) is 4.79 Å². The summed E-state index contributed by atoms with van der Waals surface area (Å²) in [6, 6.07) is 8.18. The quantitative estimate of drug-likeness (QED) is 0.873. The fourth-order valence-corrected chi connectivity index (χ4v) is 2.32. The number of piperidine rings is 1. The van der Waals surface area contributed by atoms with Gasteiger partial charge in [-0.15, -0.1) is 12.4 Å². The van der Waals surface area contributed by atoms with E-state index in [4.69, 9.17) is 4.74 Å². The maximum absolute atomic E-state index is 11.8. The highest BCUT2D eigenvalue weighted by molar-refractivity contribution is 5.85. The zero-order chi connectivity index (χ0) is 13.5. The zero-order valence-corrected chi connectivity index (χ0v) is 12.7. The minimum Gasteiger partial charge on any atom is -0.497 e. The Morgan fingerprint density at radius 3 is 2.75 bits per heavy atom. The molecule has 0 bridgehead atoms. The van der Waals surface area contributed by atoms with Crippen molar-refractivity contribution in [3.8, 4) is 5.75 Å². The van der Waals surface area contributed by atoms with E-state index in [1.807, 2.05) is 24.3 Å². The fraction of sp³-hybridized carbons (Fsp3) is 0.533. The largest absolute Gasteiger partial charge is 0.497 e. The van der Waals surface area contributed by atoms with Crippen LogP contribution < -0.4 is 15.4 Å². The molecule has 20 heavy (non-hydrogen) atoms. The van der Waals surface area contributed by atoms with Gasteiger partial charge in [0.1, 0.15) is 5.75 Å². The van der Waals surface area contributed by atoms with Crippen LogP contribution in [0.25, 0.3) is 0 Å². The minimum atomic E-state index is 0. The van der Waals surface area contributed by atoms with Gasteiger partial charge in [0.2, 0.25) is 5.91 Å². The fourth-order valence-electron chi connectivity index (χ4n) is 2.32. The lowest BCUT2D eigenvalue weighted by Crippen LogP contribution is -2.45. The highest BCUT2D eigenvalue weighted by atomic mass is 35.5. The first kappa shape index (κ1) is 16.8. The van der Waals surface area contributed by atoms with Crippen molar-refractivity contribution in [2.75, 3.05) is 20.2 Å². The van der Waals surface area contributed by atoms with Gasteiger partial charge in [0.15, 0.2) is 0 Å². The Morgan fingerprint density at radius 2 is 2.15 bits per heavy atom. The third-order valence-corrected chi connectivity index (χ3v) is 3.46. The minimum absolute atomic E-state index is 0. The van der Waals surface area contributed by atoms with Crippen molar-refractivity contribution in [2.24, 2.45) is 0 Å². The lowest BCUT2D eigenvalue weighted by molar-refractivity contribution is -0.121. The molecule has 4 nitrogen and oxygen atoms in total. The van der Waals surface area contributed by atoms with Crippen LogP contribution in [0.2, 0.25) is 0 Å². The zero-order valence-electron chi connectivity index (χ0n) is 11.9. The van der Waals surface area contributed by atoms with E-state index in [0.717, 1.165) is 43.7 Å². The molecule has 2 N–H and O–H groups in total. The summed E-state index contributed by atoms with van der Waals surface area (Å²) in [5, 5.41) is 6.38. The predicted octanol–water partition coefficient (Wildman–Crippen LogP) is 1.92. The first-order valence-electron chi connectivity index (χ1n) is 6.91. The Bertz CT molecular complexity index is 403. The molecule has 0 aliphatic carbocycles. The number of amides is 1. The second-order valence-electron chi connectivity index (χ2n) is 4.96. The molecule has 0 aromatic heterocycles. The topological polar surface area (TPSA) is 50.4 Å². The molecular weight excluding hydrogens is 276 g/mol. The van der Waals surface area contributed by atoms with Gasteiger partial charge in [-0.2, -0.15) is 0 Å². The van der Waals surface area contributed by atoms with Crippen molar-refractivity contribution in [3.63, 3.8) is 0 Å². The normalized spacial score (nSPS) is 17.9. The molecule has 1 aromatic carbocycles. The van der Waals surface area contributed by atoms with Gasteiger partial charge in [0.05, 0.1) is 7.11 Å². The van der Waals surface area contributed by atoms with E-state index < -0.39 is 0 Å².